The molecule has 0 saturated carbocycles. The fraction of sp³-hybridized carbons (Fsp3) is 1.00. The molecule has 0 saturated heterocycles. The standard InChI is InChI=1S/C11H28OSSi2/c1-9-11(13-10(2)3)15(7,8)12-14(4,5)6/h10-11H,9H2,1-8H3. The lowest BCUT2D eigenvalue weighted by Gasteiger charge is -2.37. The summed E-state index contributed by atoms with van der Waals surface area (Å²) in [7, 11) is -2.88. The quantitative estimate of drug-likeness (QED) is 0.653. The van der Waals surface area contributed by atoms with E-state index in [1.165, 1.54) is 6.42 Å². The molecule has 0 aromatic carbocycles. The topological polar surface area (TPSA) is 9.23 Å². The van der Waals surface area contributed by atoms with Gasteiger partial charge in [0.2, 0.25) is 0 Å². The van der Waals surface area contributed by atoms with Crippen molar-refractivity contribution >= 4 is 28.4 Å². The van der Waals surface area contributed by atoms with Crippen LogP contribution in [0.2, 0.25) is 32.7 Å². The zero-order chi connectivity index (χ0) is 12.3. The van der Waals surface area contributed by atoms with Gasteiger partial charge in [-0.05, 0) is 44.4 Å². The van der Waals surface area contributed by atoms with Gasteiger partial charge < -0.3 is 4.12 Å². The molecule has 0 aromatic heterocycles. The summed E-state index contributed by atoms with van der Waals surface area (Å²) in [5.74, 6) is 0. The van der Waals surface area contributed by atoms with Crippen LogP contribution < -0.4 is 0 Å². The van der Waals surface area contributed by atoms with Gasteiger partial charge in [0.1, 0.15) is 0 Å². The van der Waals surface area contributed by atoms with Crippen LogP contribution in [-0.4, -0.2) is 26.8 Å². The predicted octanol–water partition coefficient (Wildman–Crippen LogP) is 4.50. The average Bonchev–Trinajstić information content (AvgIpc) is 1.94. The number of hydrogen-bond acceptors (Lipinski definition) is 2. The van der Waals surface area contributed by atoms with E-state index in [4.69, 9.17) is 4.12 Å². The Balaban J connectivity index is 4.51. The van der Waals surface area contributed by atoms with Gasteiger partial charge in [-0.3, -0.25) is 0 Å². The zero-order valence-corrected chi connectivity index (χ0v) is 14.5. The highest BCUT2D eigenvalue weighted by Gasteiger charge is 2.37. The zero-order valence-electron chi connectivity index (χ0n) is 11.7. The van der Waals surface area contributed by atoms with Crippen LogP contribution >= 0.6 is 11.8 Å². The largest absolute Gasteiger partial charge is 0.455 e. The van der Waals surface area contributed by atoms with Crippen molar-refractivity contribution in [2.24, 2.45) is 0 Å². The molecule has 15 heavy (non-hydrogen) atoms. The fourth-order valence-electron chi connectivity index (χ4n) is 1.94. The maximum absolute atomic E-state index is 6.44. The van der Waals surface area contributed by atoms with Crippen LogP contribution in [0.25, 0.3) is 0 Å². The summed E-state index contributed by atoms with van der Waals surface area (Å²) in [5.41, 5.74) is 0. The molecule has 0 aromatic rings. The predicted molar refractivity (Wildman–Crippen MR) is 78.7 cm³/mol. The van der Waals surface area contributed by atoms with E-state index < -0.39 is 16.6 Å². The van der Waals surface area contributed by atoms with Crippen molar-refractivity contribution < 1.29 is 4.12 Å². The molecule has 92 valence electrons. The minimum atomic E-state index is -1.51. The second kappa shape index (κ2) is 5.89. The van der Waals surface area contributed by atoms with Gasteiger partial charge in [0.15, 0.2) is 16.6 Å². The van der Waals surface area contributed by atoms with E-state index in [0.29, 0.717) is 5.25 Å². The molecular weight excluding hydrogens is 236 g/mol. The highest BCUT2D eigenvalue weighted by molar-refractivity contribution is 8.02. The monoisotopic (exact) mass is 264 g/mol. The van der Waals surface area contributed by atoms with Crippen molar-refractivity contribution in [2.45, 2.75) is 70.1 Å². The minimum Gasteiger partial charge on any atom is -0.455 e. The third kappa shape index (κ3) is 6.82. The maximum atomic E-state index is 6.44. The van der Waals surface area contributed by atoms with E-state index in [-0.39, 0.29) is 0 Å². The Morgan fingerprint density at radius 2 is 1.53 bits per heavy atom. The second-order valence-corrected chi connectivity index (χ2v) is 17.0. The van der Waals surface area contributed by atoms with E-state index >= 15 is 0 Å². The lowest BCUT2D eigenvalue weighted by molar-refractivity contribution is 0.542. The van der Waals surface area contributed by atoms with Crippen LogP contribution in [0, 0.1) is 0 Å². The molecule has 0 amide bonds. The summed E-state index contributed by atoms with van der Waals surface area (Å²) in [4.78, 5) is 0.740. The van der Waals surface area contributed by atoms with Gasteiger partial charge in [-0.1, -0.05) is 20.8 Å². The molecule has 1 unspecified atom stereocenters. The highest BCUT2D eigenvalue weighted by atomic mass is 32.2. The van der Waals surface area contributed by atoms with Gasteiger partial charge in [0.25, 0.3) is 0 Å². The molecule has 0 spiro atoms. The van der Waals surface area contributed by atoms with Crippen LogP contribution in [0.1, 0.15) is 27.2 Å². The molecule has 0 aliphatic carbocycles. The maximum Gasteiger partial charge on any atom is 0.186 e. The van der Waals surface area contributed by atoms with Crippen molar-refractivity contribution in [2.75, 3.05) is 0 Å². The second-order valence-electron chi connectivity index (χ2n) is 5.90. The van der Waals surface area contributed by atoms with Crippen LogP contribution in [0.15, 0.2) is 0 Å². The molecule has 0 aliphatic rings. The fourth-order valence-corrected chi connectivity index (χ4v) is 13.2. The summed E-state index contributed by atoms with van der Waals surface area (Å²) in [6.45, 7) is 18.5. The Morgan fingerprint density at radius 1 is 1.07 bits per heavy atom. The van der Waals surface area contributed by atoms with Gasteiger partial charge >= 0.3 is 0 Å². The summed E-state index contributed by atoms with van der Waals surface area (Å²) >= 11 is 2.11. The van der Waals surface area contributed by atoms with E-state index in [0.717, 1.165) is 4.87 Å². The van der Waals surface area contributed by atoms with Crippen molar-refractivity contribution in [3.05, 3.63) is 0 Å². The Morgan fingerprint density at radius 3 is 1.80 bits per heavy atom. The van der Waals surface area contributed by atoms with Crippen LogP contribution in [0.5, 0.6) is 0 Å². The molecule has 1 nitrogen and oxygen atoms in total. The summed E-state index contributed by atoms with van der Waals surface area (Å²) < 4.78 is 6.44. The van der Waals surface area contributed by atoms with Gasteiger partial charge in [-0.2, -0.15) is 11.8 Å². The molecule has 0 bridgehead atoms. The summed E-state index contributed by atoms with van der Waals surface area (Å²) in [6.07, 6.45) is 1.24. The van der Waals surface area contributed by atoms with Gasteiger partial charge in [-0.15, -0.1) is 0 Å². The Bertz CT molecular complexity index is 188. The smallest absolute Gasteiger partial charge is 0.186 e. The van der Waals surface area contributed by atoms with Crippen molar-refractivity contribution in [3.63, 3.8) is 0 Å². The number of thioether (sulfide) groups is 1. The SMILES string of the molecule is CCC(SC(C)C)[Si](C)(C)O[Si](C)(C)C. The van der Waals surface area contributed by atoms with E-state index in [2.05, 4.69) is 65.3 Å². The van der Waals surface area contributed by atoms with Crippen LogP contribution in [0.4, 0.5) is 0 Å². The number of hydrogen-bond donors (Lipinski definition) is 0. The molecule has 0 aliphatic heterocycles. The molecule has 0 N–H and O–H groups in total. The molecular formula is C11H28OSSi2. The van der Waals surface area contributed by atoms with Gasteiger partial charge in [-0.25, -0.2) is 0 Å². The average molecular weight is 265 g/mol. The van der Waals surface area contributed by atoms with Crippen LogP contribution in [0.3, 0.4) is 0 Å². The Hall–Kier alpha value is 0.744. The van der Waals surface area contributed by atoms with Gasteiger partial charge in [0.05, 0.1) is 0 Å². The normalized spacial score (nSPS) is 15.8. The summed E-state index contributed by atoms with van der Waals surface area (Å²) in [6, 6.07) is 0. The van der Waals surface area contributed by atoms with E-state index in [1.54, 1.807) is 0 Å². The van der Waals surface area contributed by atoms with Crippen molar-refractivity contribution in [1.29, 1.82) is 0 Å². The molecule has 0 radical (unpaired) electrons. The van der Waals surface area contributed by atoms with Crippen molar-refractivity contribution in [3.8, 4) is 0 Å². The Labute approximate surface area is 103 Å². The lowest BCUT2D eigenvalue weighted by atomic mass is 10.6. The first-order valence-corrected chi connectivity index (χ1v) is 13.3. The third-order valence-electron chi connectivity index (χ3n) is 2.15. The third-order valence-corrected chi connectivity index (χ3v) is 12.0. The first kappa shape index (κ1) is 15.7. The molecule has 4 heteroatoms. The molecule has 0 fully saturated rings. The highest BCUT2D eigenvalue weighted by Crippen LogP contribution is 2.31. The Kier molecular flexibility index (Phi) is 6.18. The van der Waals surface area contributed by atoms with Gasteiger partial charge in [0, 0.05) is 4.87 Å². The molecule has 1 atom stereocenters. The lowest BCUT2D eigenvalue weighted by Crippen LogP contribution is -2.50. The van der Waals surface area contributed by atoms with Crippen LogP contribution in [-0.2, 0) is 4.12 Å². The minimum absolute atomic E-state index is 0.715. The first-order chi connectivity index (χ1) is 6.58. The molecule has 0 rings (SSSR count). The van der Waals surface area contributed by atoms with E-state index in [9.17, 15) is 0 Å². The van der Waals surface area contributed by atoms with E-state index in [1.807, 2.05) is 0 Å². The first-order valence-electron chi connectivity index (χ1n) is 5.94. The number of rotatable bonds is 6. The molecule has 0 heterocycles. The summed E-state index contributed by atoms with van der Waals surface area (Å²) in [5, 5.41) is 0.715. The van der Waals surface area contributed by atoms with Crippen molar-refractivity contribution in [1.82, 2.24) is 0 Å².